The van der Waals surface area contributed by atoms with Crippen molar-refractivity contribution in [1.29, 1.82) is 0 Å². The second kappa shape index (κ2) is 5.79. The summed E-state index contributed by atoms with van der Waals surface area (Å²) in [5.41, 5.74) is 0. The number of rotatable bonds is 0. The molecule has 0 amide bonds. The lowest BCUT2D eigenvalue weighted by Gasteiger charge is -2.22. The maximum Gasteiger partial charge on any atom is 0.249 e. The van der Waals surface area contributed by atoms with Gasteiger partial charge in [-0.1, -0.05) is 0 Å². The van der Waals surface area contributed by atoms with Crippen molar-refractivity contribution < 1.29 is 20.3 Å². The summed E-state index contributed by atoms with van der Waals surface area (Å²) in [6.07, 6.45) is -2.08. The lowest BCUT2D eigenvalue weighted by atomic mass is 10.2. The zero-order valence-electron chi connectivity index (χ0n) is 7.41. The number of piperazine rings is 1. The van der Waals surface area contributed by atoms with Crippen LogP contribution in [0.15, 0.2) is 0 Å². The van der Waals surface area contributed by atoms with E-state index in [1.807, 2.05) is 0 Å². The van der Waals surface area contributed by atoms with Crippen LogP contribution in [-0.4, -0.2) is 36.4 Å². The minimum atomic E-state index is -2.08. The van der Waals surface area contributed by atoms with Crippen molar-refractivity contribution >= 4 is 6.16 Å². The van der Waals surface area contributed by atoms with Gasteiger partial charge in [0.15, 0.2) is 0 Å². The molecule has 0 bridgehead atoms. The maximum absolute atomic E-state index is 8.44. The Morgan fingerprint density at radius 2 is 2.17 bits per heavy atom. The molecule has 0 unspecified atom stereocenters. The molecule has 1 saturated heterocycles. The van der Waals surface area contributed by atoms with E-state index in [1.54, 1.807) is 0 Å². The first-order valence-corrected chi connectivity index (χ1v) is 3.99. The van der Waals surface area contributed by atoms with Crippen LogP contribution in [0.4, 0.5) is 4.79 Å². The van der Waals surface area contributed by atoms with Gasteiger partial charge in [-0.2, -0.15) is 0 Å². The summed E-state index contributed by atoms with van der Waals surface area (Å²) >= 11 is 0. The summed E-state index contributed by atoms with van der Waals surface area (Å²) in [6.45, 7) is 6.88. The molecule has 0 saturated carbocycles. The Morgan fingerprint density at radius 3 is 2.42 bits per heavy atom. The van der Waals surface area contributed by atoms with Crippen molar-refractivity contribution in [3.8, 4) is 0 Å². The maximum atomic E-state index is 8.44. The molecule has 0 aromatic rings. The number of nitrogens with two attached hydrogens (primary N) is 1. The Hall–Kier alpha value is -0.810. The van der Waals surface area contributed by atoms with Gasteiger partial charge in [-0.25, -0.2) is 0 Å². The van der Waals surface area contributed by atoms with Crippen molar-refractivity contribution in [2.75, 3.05) is 13.1 Å². The third kappa shape index (κ3) is 7.30. The Labute approximate surface area is 71.8 Å². The SMILES string of the molecule is C[C@@H]1CN[C@@H](C)C[NH2+]1.O=C([O-])O. The van der Waals surface area contributed by atoms with Crippen LogP contribution in [0.1, 0.15) is 13.8 Å². The Balaban J connectivity index is 0.000000261. The van der Waals surface area contributed by atoms with Crippen LogP contribution < -0.4 is 15.7 Å². The van der Waals surface area contributed by atoms with Crippen molar-refractivity contribution in [2.24, 2.45) is 0 Å². The van der Waals surface area contributed by atoms with Gasteiger partial charge in [0.25, 0.3) is 0 Å². The summed E-state index contributed by atoms with van der Waals surface area (Å²) in [5, 5.41) is 21.1. The van der Waals surface area contributed by atoms with Crippen molar-refractivity contribution in [3.05, 3.63) is 0 Å². The molecular formula is C7H16N2O3. The molecule has 0 spiro atoms. The zero-order chi connectivity index (χ0) is 9.56. The van der Waals surface area contributed by atoms with Gasteiger partial charge in [-0.15, -0.1) is 0 Å². The van der Waals surface area contributed by atoms with Gasteiger partial charge in [0.05, 0.1) is 18.6 Å². The zero-order valence-corrected chi connectivity index (χ0v) is 7.41. The van der Waals surface area contributed by atoms with Gasteiger partial charge in [0.1, 0.15) is 0 Å². The molecule has 5 heteroatoms. The van der Waals surface area contributed by atoms with E-state index in [1.165, 1.54) is 13.1 Å². The molecule has 0 aromatic heterocycles. The quantitative estimate of drug-likeness (QED) is 0.391. The first-order valence-electron chi connectivity index (χ1n) is 3.99. The molecule has 1 rings (SSSR count). The molecular weight excluding hydrogens is 160 g/mol. The highest BCUT2D eigenvalue weighted by Crippen LogP contribution is 1.81. The Kier molecular flexibility index (Phi) is 5.40. The largest absolute Gasteiger partial charge is 0.565 e. The lowest BCUT2D eigenvalue weighted by molar-refractivity contribution is -0.693. The molecule has 12 heavy (non-hydrogen) atoms. The first kappa shape index (κ1) is 11.2. The van der Waals surface area contributed by atoms with E-state index < -0.39 is 6.16 Å². The summed E-state index contributed by atoms with van der Waals surface area (Å²) in [6, 6.07) is 1.50. The summed E-state index contributed by atoms with van der Waals surface area (Å²) in [5.74, 6) is 0. The first-order chi connectivity index (χ1) is 5.52. The summed E-state index contributed by atoms with van der Waals surface area (Å²) < 4.78 is 0. The third-order valence-electron chi connectivity index (χ3n) is 1.68. The van der Waals surface area contributed by atoms with Crippen molar-refractivity contribution in [2.45, 2.75) is 25.9 Å². The van der Waals surface area contributed by atoms with E-state index in [4.69, 9.17) is 15.0 Å². The number of carboxylic acid groups (broad SMARTS) is 2. The fourth-order valence-electron chi connectivity index (χ4n) is 0.990. The van der Waals surface area contributed by atoms with Crippen LogP contribution in [-0.2, 0) is 0 Å². The average Bonchev–Trinajstić information content (AvgIpc) is 1.94. The monoisotopic (exact) mass is 176 g/mol. The normalized spacial score (nSPS) is 28.5. The molecule has 1 aliphatic rings. The molecule has 2 atom stereocenters. The summed E-state index contributed by atoms with van der Waals surface area (Å²) in [7, 11) is 0. The third-order valence-corrected chi connectivity index (χ3v) is 1.68. The fraction of sp³-hybridized carbons (Fsp3) is 0.857. The highest BCUT2D eigenvalue weighted by Gasteiger charge is 2.14. The molecule has 0 aliphatic carbocycles. The van der Waals surface area contributed by atoms with E-state index in [9.17, 15) is 0 Å². The van der Waals surface area contributed by atoms with E-state index in [0.717, 1.165) is 6.04 Å². The van der Waals surface area contributed by atoms with Crippen LogP contribution in [0.5, 0.6) is 0 Å². The van der Waals surface area contributed by atoms with Crippen molar-refractivity contribution in [1.82, 2.24) is 5.32 Å². The number of carbonyl (C=O) groups is 1. The predicted octanol–water partition coefficient (Wildman–Crippen LogP) is -2.18. The minimum Gasteiger partial charge on any atom is -0.565 e. The molecule has 5 nitrogen and oxygen atoms in total. The van der Waals surface area contributed by atoms with Gasteiger partial charge in [0.2, 0.25) is 6.16 Å². The Morgan fingerprint density at radius 1 is 1.67 bits per heavy atom. The van der Waals surface area contributed by atoms with Crippen LogP contribution in [0.3, 0.4) is 0 Å². The minimum absolute atomic E-state index is 0.714. The van der Waals surface area contributed by atoms with E-state index >= 15 is 0 Å². The van der Waals surface area contributed by atoms with E-state index in [2.05, 4.69) is 24.5 Å². The molecule has 0 aromatic carbocycles. The fourth-order valence-corrected chi connectivity index (χ4v) is 0.990. The second-order valence-electron chi connectivity index (χ2n) is 3.02. The van der Waals surface area contributed by atoms with Gasteiger partial charge >= 0.3 is 0 Å². The van der Waals surface area contributed by atoms with Gasteiger partial charge in [0, 0.05) is 6.54 Å². The van der Waals surface area contributed by atoms with Gasteiger partial charge < -0.3 is 25.6 Å². The lowest BCUT2D eigenvalue weighted by Crippen LogP contribution is -2.95. The van der Waals surface area contributed by atoms with E-state index in [-0.39, 0.29) is 0 Å². The number of hydrogen-bond donors (Lipinski definition) is 3. The van der Waals surface area contributed by atoms with Crippen molar-refractivity contribution in [3.63, 3.8) is 0 Å². The average molecular weight is 176 g/mol. The number of nitrogens with one attached hydrogen (secondary N) is 1. The number of hydrogen-bond acceptors (Lipinski definition) is 3. The van der Waals surface area contributed by atoms with Crippen LogP contribution in [0.2, 0.25) is 0 Å². The van der Waals surface area contributed by atoms with E-state index in [0.29, 0.717) is 6.04 Å². The summed E-state index contributed by atoms with van der Waals surface area (Å²) in [4.78, 5) is 8.44. The molecule has 4 N–H and O–H groups in total. The number of quaternary nitrogens is 1. The van der Waals surface area contributed by atoms with Gasteiger partial charge in [-0.3, -0.25) is 0 Å². The van der Waals surface area contributed by atoms with Crippen LogP contribution in [0, 0.1) is 0 Å². The highest BCUT2D eigenvalue weighted by atomic mass is 16.6. The topological polar surface area (TPSA) is 89.0 Å². The van der Waals surface area contributed by atoms with Gasteiger partial charge in [-0.05, 0) is 13.8 Å². The Bertz CT molecular complexity index is 119. The van der Waals surface area contributed by atoms with Crippen LogP contribution >= 0.6 is 0 Å². The second-order valence-corrected chi connectivity index (χ2v) is 3.02. The smallest absolute Gasteiger partial charge is 0.249 e. The molecule has 1 fully saturated rings. The highest BCUT2D eigenvalue weighted by molar-refractivity contribution is 5.50. The van der Waals surface area contributed by atoms with Crippen LogP contribution in [0.25, 0.3) is 0 Å². The molecule has 1 aliphatic heterocycles. The predicted molar refractivity (Wildman–Crippen MR) is 41.7 cm³/mol. The molecule has 72 valence electrons. The molecule has 0 radical (unpaired) electrons. The molecule has 1 heterocycles. The standard InChI is InChI=1S/C6H14N2.CH2O3/c1-5-3-8-6(2)4-7-5;2-1(3)4/h5-8H,3-4H2,1-2H3;(H2,2,3,4)/t5-,6+;.